The van der Waals surface area contributed by atoms with Crippen molar-refractivity contribution in [2.75, 3.05) is 18.6 Å². The smallest absolute Gasteiger partial charge is 0.0843 e. The highest BCUT2D eigenvalue weighted by atomic mass is 79.9. The minimum absolute atomic E-state index is 0.980. The summed E-state index contributed by atoms with van der Waals surface area (Å²) in [6.07, 6.45) is 4.74. The van der Waals surface area contributed by atoms with Gasteiger partial charge in [0.1, 0.15) is 0 Å². The lowest BCUT2D eigenvalue weighted by Gasteiger charge is -2.01. The van der Waals surface area contributed by atoms with Crippen LogP contribution >= 0.6 is 55.0 Å². The highest BCUT2D eigenvalue weighted by Crippen LogP contribution is 2.32. The molecular formula is C10H15Br2NS2. The normalized spacial score (nSPS) is 10.9. The highest BCUT2D eigenvalue weighted by molar-refractivity contribution is 9.13. The molecule has 1 heterocycles. The molecule has 0 amide bonds. The number of hydrogen-bond donors (Lipinski definition) is 1. The Morgan fingerprint density at radius 3 is 2.80 bits per heavy atom. The number of thiophene rings is 1. The first-order valence-electron chi connectivity index (χ1n) is 4.87. The van der Waals surface area contributed by atoms with E-state index in [4.69, 9.17) is 0 Å². The zero-order valence-corrected chi connectivity index (χ0v) is 13.5. The summed E-state index contributed by atoms with van der Waals surface area (Å²) < 4.78 is 2.34. The lowest BCUT2D eigenvalue weighted by Crippen LogP contribution is -2.13. The molecule has 1 aromatic heterocycles. The van der Waals surface area contributed by atoms with Crippen LogP contribution in [0.5, 0.6) is 0 Å². The van der Waals surface area contributed by atoms with Crippen molar-refractivity contribution < 1.29 is 0 Å². The van der Waals surface area contributed by atoms with Crippen molar-refractivity contribution in [3.05, 3.63) is 19.2 Å². The van der Waals surface area contributed by atoms with Crippen LogP contribution in [0.1, 0.15) is 17.7 Å². The molecule has 0 aliphatic heterocycles. The van der Waals surface area contributed by atoms with Gasteiger partial charge in [0.05, 0.1) is 3.79 Å². The molecule has 86 valence electrons. The van der Waals surface area contributed by atoms with Crippen LogP contribution in [0.4, 0.5) is 0 Å². The summed E-state index contributed by atoms with van der Waals surface area (Å²) in [5.41, 5.74) is 0. The Bertz CT molecular complexity index is 269. The third kappa shape index (κ3) is 5.73. The second-order valence-corrected chi connectivity index (χ2v) is 7.51. The minimum atomic E-state index is 0.980. The fourth-order valence-corrected chi connectivity index (χ4v) is 3.83. The van der Waals surface area contributed by atoms with E-state index in [0.717, 1.165) is 17.6 Å². The van der Waals surface area contributed by atoms with Gasteiger partial charge in [-0.3, -0.25) is 0 Å². The average Bonchev–Trinajstić information content (AvgIpc) is 2.52. The third-order valence-corrected chi connectivity index (χ3v) is 5.90. The molecule has 1 rings (SSSR count). The van der Waals surface area contributed by atoms with Gasteiger partial charge in [0.15, 0.2) is 0 Å². The molecule has 0 spiro atoms. The van der Waals surface area contributed by atoms with E-state index in [0.29, 0.717) is 0 Å². The lowest BCUT2D eigenvalue weighted by molar-refractivity contribution is 0.648. The zero-order chi connectivity index (χ0) is 11.1. The number of unbranched alkanes of at least 4 members (excludes halogenated alkanes) is 1. The van der Waals surface area contributed by atoms with Crippen LogP contribution < -0.4 is 5.32 Å². The maximum absolute atomic E-state index is 3.50. The van der Waals surface area contributed by atoms with Gasteiger partial charge in [-0.25, -0.2) is 0 Å². The van der Waals surface area contributed by atoms with Crippen molar-refractivity contribution in [3.8, 4) is 0 Å². The SMILES string of the molecule is CSCCCCNCc1cc(Br)c(Br)s1. The molecule has 0 saturated heterocycles. The quantitative estimate of drug-likeness (QED) is 0.707. The van der Waals surface area contributed by atoms with Crippen LogP contribution in [-0.4, -0.2) is 18.6 Å². The molecular weight excluding hydrogens is 358 g/mol. The van der Waals surface area contributed by atoms with Crippen molar-refractivity contribution in [2.45, 2.75) is 19.4 Å². The third-order valence-electron chi connectivity index (χ3n) is 1.95. The average molecular weight is 373 g/mol. The molecule has 0 fully saturated rings. The Balaban J connectivity index is 2.10. The molecule has 1 aromatic rings. The summed E-state index contributed by atoms with van der Waals surface area (Å²) in [5, 5.41) is 3.46. The Labute approximate surface area is 117 Å². The van der Waals surface area contributed by atoms with Gasteiger partial charge < -0.3 is 5.32 Å². The van der Waals surface area contributed by atoms with E-state index < -0.39 is 0 Å². The fraction of sp³-hybridized carbons (Fsp3) is 0.600. The van der Waals surface area contributed by atoms with Gasteiger partial charge in [-0.15, -0.1) is 11.3 Å². The first kappa shape index (κ1) is 14.0. The fourth-order valence-electron chi connectivity index (χ4n) is 1.19. The molecule has 0 atom stereocenters. The number of thioether (sulfide) groups is 1. The summed E-state index contributed by atoms with van der Waals surface area (Å²) in [5.74, 6) is 1.28. The van der Waals surface area contributed by atoms with E-state index >= 15 is 0 Å². The lowest BCUT2D eigenvalue weighted by atomic mass is 10.3. The molecule has 5 heteroatoms. The van der Waals surface area contributed by atoms with Crippen LogP contribution in [0.3, 0.4) is 0 Å². The summed E-state index contributed by atoms with van der Waals surface area (Å²) in [4.78, 5) is 1.37. The zero-order valence-electron chi connectivity index (χ0n) is 8.69. The predicted molar refractivity (Wildman–Crippen MR) is 79.0 cm³/mol. The molecule has 0 unspecified atom stereocenters. The van der Waals surface area contributed by atoms with Gasteiger partial charge in [-0.2, -0.15) is 11.8 Å². The van der Waals surface area contributed by atoms with Gasteiger partial charge in [-0.05, 0) is 69.3 Å². The summed E-state index contributed by atoms with van der Waals surface area (Å²) >= 11 is 10.7. The number of halogens is 2. The Morgan fingerprint density at radius 2 is 2.20 bits per heavy atom. The molecule has 0 bridgehead atoms. The standard InChI is InChI=1S/C10H15Br2NS2/c1-14-5-3-2-4-13-7-8-6-9(11)10(12)15-8/h6,13H,2-5,7H2,1H3. The van der Waals surface area contributed by atoms with Crippen LogP contribution in [0.25, 0.3) is 0 Å². The van der Waals surface area contributed by atoms with Crippen LogP contribution in [0.15, 0.2) is 14.3 Å². The summed E-state index contributed by atoms with van der Waals surface area (Å²) in [6, 6.07) is 2.17. The van der Waals surface area contributed by atoms with Crippen molar-refractivity contribution in [2.24, 2.45) is 0 Å². The van der Waals surface area contributed by atoms with Crippen LogP contribution in [0, 0.1) is 0 Å². The molecule has 0 aromatic carbocycles. The molecule has 0 aliphatic carbocycles. The Hall–Kier alpha value is 0.970. The number of hydrogen-bond acceptors (Lipinski definition) is 3. The van der Waals surface area contributed by atoms with Crippen LogP contribution in [0.2, 0.25) is 0 Å². The van der Waals surface area contributed by atoms with Crippen molar-refractivity contribution in [1.29, 1.82) is 0 Å². The van der Waals surface area contributed by atoms with Crippen molar-refractivity contribution in [3.63, 3.8) is 0 Å². The molecule has 15 heavy (non-hydrogen) atoms. The minimum Gasteiger partial charge on any atom is -0.312 e. The highest BCUT2D eigenvalue weighted by Gasteiger charge is 2.02. The van der Waals surface area contributed by atoms with E-state index in [1.54, 1.807) is 11.3 Å². The summed E-state index contributed by atoms with van der Waals surface area (Å²) in [6.45, 7) is 2.10. The van der Waals surface area contributed by atoms with Gasteiger partial charge >= 0.3 is 0 Å². The molecule has 0 saturated carbocycles. The van der Waals surface area contributed by atoms with Crippen LogP contribution in [-0.2, 0) is 6.54 Å². The molecule has 1 N–H and O–H groups in total. The van der Waals surface area contributed by atoms with E-state index in [1.807, 2.05) is 11.8 Å². The van der Waals surface area contributed by atoms with Gasteiger partial charge in [0, 0.05) is 15.9 Å². The van der Waals surface area contributed by atoms with Gasteiger partial charge in [0.2, 0.25) is 0 Å². The first-order chi connectivity index (χ1) is 7.24. The summed E-state index contributed by atoms with van der Waals surface area (Å²) in [7, 11) is 0. The maximum Gasteiger partial charge on any atom is 0.0843 e. The van der Waals surface area contributed by atoms with E-state index in [9.17, 15) is 0 Å². The predicted octanol–water partition coefficient (Wildman–Crippen LogP) is 4.51. The van der Waals surface area contributed by atoms with Gasteiger partial charge in [0.25, 0.3) is 0 Å². The van der Waals surface area contributed by atoms with Gasteiger partial charge in [-0.1, -0.05) is 0 Å². The second-order valence-electron chi connectivity index (χ2n) is 3.21. The number of nitrogens with one attached hydrogen (secondary N) is 1. The maximum atomic E-state index is 3.50. The monoisotopic (exact) mass is 371 g/mol. The largest absolute Gasteiger partial charge is 0.312 e. The van der Waals surface area contributed by atoms with Crippen molar-refractivity contribution in [1.82, 2.24) is 5.32 Å². The number of rotatable bonds is 7. The van der Waals surface area contributed by atoms with E-state index in [2.05, 4.69) is 49.5 Å². The van der Waals surface area contributed by atoms with Crippen molar-refractivity contribution >= 4 is 55.0 Å². The Kier molecular flexibility index (Phi) is 7.59. The Morgan fingerprint density at radius 1 is 1.40 bits per heavy atom. The van der Waals surface area contributed by atoms with E-state index in [-0.39, 0.29) is 0 Å². The topological polar surface area (TPSA) is 12.0 Å². The van der Waals surface area contributed by atoms with E-state index in [1.165, 1.54) is 27.3 Å². The first-order valence-corrected chi connectivity index (χ1v) is 8.67. The molecule has 0 aliphatic rings. The molecule has 1 nitrogen and oxygen atoms in total. The molecule has 0 radical (unpaired) electrons. The second kappa shape index (κ2) is 8.12.